The molecule has 2 amide bonds. The van der Waals surface area contributed by atoms with Gasteiger partial charge in [0, 0.05) is 43.1 Å². The molecule has 1 heterocycles. The minimum absolute atomic E-state index is 0.129. The van der Waals surface area contributed by atoms with Gasteiger partial charge in [-0.3, -0.25) is 4.90 Å². The van der Waals surface area contributed by atoms with Gasteiger partial charge in [0.25, 0.3) is 0 Å². The lowest BCUT2D eigenvalue weighted by molar-refractivity contribution is 0.103. The number of hydrogen-bond donors (Lipinski definition) is 3. The van der Waals surface area contributed by atoms with Crippen LogP contribution in [0.4, 0.5) is 4.79 Å². The molecule has 3 aliphatic rings. The van der Waals surface area contributed by atoms with E-state index in [1.54, 1.807) is 0 Å². The van der Waals surface area contributed by atoms with Gasteiger partial charge in [-0.05, 0) is 24.0 Å². The molecule has 1 aliphatic heterocycles. The molecule has 5 nitrogen and oxygen atoms in total. The fourth-order valence-electron chi connectivity index (χ4n) is 4.86. The number of benzene rings is 1. The Balaban J connectivity index is 1.37. The summed E-state index contributed by atoms with van der Waals surface area (Å²) in [6, 6.07) is 7.50. The highest BCUT2D eigenvalue weighted by atomic mass is 32.2. The van der Waals surface area contributed by atoms with E-state index in [-0.39, 0.29) is 17.6 Å². The number of hydrogen-bond acceptors (Lipinski definition) is 4. The molecule has 2 atom stereocenters. The van der Waals surface area contributed by atoms with Crippen LogP contribution in [-0.4, -0.2) is 58.8 Å². The Morgan fingerprint density at radius 1 is 1.23 bits per heavy atom. The van der Waals surface area contributed by atoms with Gasteiger partial charge in [0.1, 0.15) is 0 Å². The quantitative estimate of drug-likeness (QED) is 0.756. The number of thioether (sulfide) groups is 1. The van der Waals surface area contributed by atoms with Crippen molar-refractivity contribution in [3.63, 3.8) is 0 Å². The molecule has 0 bridgehead atoms. The fraction of sp³-hybridized carbons (Fsp3) is 0.650. The molecule has 3 N–H and O–H groups in total. The highest BCUT2D eigenvalue weighted by Crippen LogP contribution is 2.36. The van der Waals surface area contributed by atoms with Crippen LogP contribution in [-0.2, 0) is 6.42 Å². The zero-order valence-electron chi connectivity index (χ0n) is 15.2. The third kappa shape index (κ3) is 3.59. The third-order valence-electron chi connectivity index (χ3n) is 6.28. The van der Waals surface area contributed by atoms with E-state index >= 15 is 0 Å². The molecule has 0 radical (unpaired) electrons. The van der Waals surface area contributed by atoms with E-state index in [2.05, 4.69) is 15.5 Å². The first-order valence-electron chi connectivity index (χ1n) is 9.81. The molecular formula is C20H29N3O2S. The van der Waals surface area contributed by atoms with Crippen molar-refractivity contribution in [3.8, 4) is 0 Å². The maximum Gasteiger partial charge on any atom is 0.315 e. The van der Waals surface area contributed by atoms with Crippen LogP contribution in [0.3, 0.4) is 0 Å². The number of urea groups is 1. The lowest BCUT2D eigenvalue weighted by Crippen LogP contribution is -2.57. The van der Waals surface area contributed by atoms with E-state index in [0.29, 0.717) is 13.0 Å². The zero-order valence-corrected chi connectivity index (χ0v) is 16.1. The molecule has 2 unspecified atom stereocenters. The number of amides is 2. The highest BCUT2D eigenvalue weighted by Gasteiger charge is 2.40. The van der Waals surface area contributed by atoms with Crippen LogP contribution in [0.5, 0.6) is 0 Å². The number of carbonyl (C=O) groups is 1. The summed E-state index contributed by atoms with van der Waals surface area (Å²) in [6.07, 6.45) is 4.91. The van der Waals surface area contributed by atoms with Crippen LogP contribution in [0, 0.1) is 0 Å². The molecule has 4 rings (SSSR count). The first-order chi connectivity index (χ1) is 12.7. The zero-order chi connectivity index (χ0) is 18.0. The average molecular weight is 376 g/mol. The van der Waals surface area contributed by atoms with Crippen molar-refractivity contribution in [2.45, 2.75) is 49.8 Å². The third-order valence-corrected chi connectivity index (χ3v) is 7.23. The first-order valence-corrected chi connectivity index (χ1v) is 11.0. The summed E-state index contributed by atoms with van der Waals surface area (Å²) in [7, 11) is 0. The molecule has 1 saturated heterocycles. The monoisotopic (exact) mass is 375 g/mol. The SMILES string of the molecule is O=C(NCC1(N2CCSCC2)CCCC1)NC1c2ccccc2CC1O. The van der Waals surface area contributed by atoms with Crippen molar-refractivity contribution in [2.75, 3.05) is 31.1 Å². The normalized spacial score (nSPS) is 27.9. The summed E-state index contributed by atoms with van der Waals surface area (Å²) in [6.45, 7) is 2.96. The van der Waals surface area contributed by atoms with Crippen LogP contribution in [0.2, 0.25) is 0 Å². The van der Waals surface area contributed by atoms with E-state index < -0.39 is 6.10 Å². The molecule has 1 aromatic carbocycles. The molecule has 1 aromatic rings. The van der Waals surface area contributed by atoms with Gasteiger partial charge in [-0.2, -0.15) is 11.8 Å². The Labute approximate surface area is 159 Å². The standard InChI is InChI=1S/C20H29N3O2S/c24-17-13-15-5-1-2-6-16(15)18(17)22-19(25)21-14-20(7-3-4-8-20)23-9-11-26-12-10-23/h1-2,5-6,17-18,24H,3-4,7-14H2,(H2,21,22,25). The van der Waals surface area contributed by atoms with Gasteiger partial charge >= 0.3 is 6.03 Å². The van der Waals surface area contributed by atoms with Gasteiger partial charge in [0.2, 0.25) is 0 Å². The molecule has 26 heavy (non-hydrogen) atoms. The van der Waals surface area contributed by atoms with E-state index in [1.807, 2.05) is 36.0 Å². The summed E-state index contributed by atoms with van der Waals surface area (Å²) in [5.41, 5.74) is 2.30. The molecule has 2 fully saturated rings. The summed E-state index contributed by atoms with van der Waals surface area (Å²) in [4.78, 5) is 15.2. The number of aliphatic hydroxyl groups is 1. The second kappa shape index (κ2) is 7.79. The molecule has 0 aromatic heterocycles. The average Bonchev–Trinajstić information content (AvgIpc) is 3.27. The second-order valence-corrected chi connectivity index (χ2v) is 9.03. The highest BCUT2D eigenvalue weighted by molar-refractivity contribution is 7.99. The van der Waals surface area contributed by atoms with Gasteiger partial charge in [-0.1, -0.05) is 37.1 Å². The lowest BCUT2D eigenvalue weighted by atomic mass is 9.94. The predicted octanol–water partition coefficient (Wildman–Crippen LogP) is 2.31. The number of fused-ring (bicyclic) bond motifs is 1. The largest absolute Gasteiger partial charge is 0.390 e. The van der Waals surface area contributed by atoms with Crippen molar-refractivity contribution in [2.24, 2.45) is 0 Å². The topological polar surface area (TPSA) is 64.6 Å². The Morgan fingerprint density at radius 2 is 1.96 bits per heavy atom. The minimum atomic E-state index is -0.544. The number of rotatable bonds is 4. The Hall–Kier alpha value is -1.24. The molecule has 0 spiro atoms. The Morgan fingerprint density at radius 3 is 2.73 bits per heavy atom. The van der Waals surface area contributed by atoms with E-state index in [1.165, 1.54) is 37.2 Å². The summed E-state index contributed by atoms with van der Waals surface area (Å²) >= 11 is 2.03. The Kier molecular flexibility index (Phi) is 5.43. The van der Waals surface area contributed by atoms with Gasteiger partial charge in [-0.25, -0.2) is 4.79 Å². The number of aliphatic hydroxyl groups excluding tert-OH is 1. The van der Waals surface area contributed by atoms with Gasteiger partial charge < -0.3 is 15.7 Å². The maximum atomic E-state index is 12.6. The van der Waals surface area contributed by atoms with Gasteiger partial charge in [-0.15, -0.1) is 0 Å². The number of carbonyl (C=O) groups excluding carboxylic acids is 1. The Bertz CT molecular complexity index is 642. The van der Waals surface area contributed by atoms with Crippen LogP contribution in [0.1, 0.15) is 42.9 Å². The van der Waals surface area contributed by atoms with Crippen molar-refractivity contribution in [1.29, 1.82) is 0 Å². The summed E-state index contributed by atoms with van der Waals surface area (Å²) < 4.78 is 0. The van der Waals surface area contributed by atoms with E-state index in [9.17, 15) is 9.90 Å². The van der Waals surface area contributed by atoms with Crippen LogP contribution >= 0.6 is 11.8 Å². The van der Waals surface area contributed by atoms with E-state index in [0.717, 1.165) is 24.2 Å². The van der Waals surface area contributed by atoms with Crippen molar-refractivity contribution in [1.82, 2.24) is 15.5 Å². The molecule has 1 saturated carbocycles. The van der Waals surface area contributed by atoms with Crippen molar-refractivity contribution in [3.05, 3.63) is 35.4 Å². The molecular weight excluding hydrogens is 346 g/mol. The second-order valence-electron chi connectivity index (χ2n) is 7.81. The summed E-state index contributed by atoms with van der Waals surface area (Å²) in [5.74, 6) is 2.39. The van der Waals surface area contributed by atoms with Crippen LogP contribution in [0.25, 0.3) is 0 Å². The lowest BCUT2D eigenvalue weighted by Gasteiger charge is -2.43. The van der Waals surface area contributed by atoms with E-state index in [4.69, 9.17) is 0 Å². The molecule has 2 aliphatic carbocycles. The smallest absolute Gasteiger partial charge is 0.315 e. The van der Waals surface area contributed by atoms with Gasteiger partial charge in [0.15, 0.2) is 0 Å². The summed E-state index contributed by atoms with van der Waals surface area (Å²) in [5, 5.41) is 16.5. The fourth-order valence-corrected chi connectivity index (χ4v) is 5.76. The van der Waals surface area contributed by atoms with Crippen molar-refractivity contribution >= 4 is 17.8 Å². The molecule has 142 valence electrons. The predicted molar refractivity (Wildman–Crippen MR) is 106 cm³/mol. The van der Waals surface area contributed by atoms with Gasteiger partial charge in [0.05, 0.1) is 12.1 Å². The first kappa shape index (κ1) is 18.1. The number of nitrogens with one attached hydrogen (secondary N) is 2. The van der Waals surface area contributed by atoms with Crippen LogP contribution in [0.15, 0.2) is 24.3 Å². The molecule has 6 heteroatoms. The van der Waals surface area contributed by atoms with Crippen molar-refractivity contribution < 1.29 is 9.90 Å². The minimum Gasteiger partial charge on any atom is -0.390 e. The maximum absolute atomic E-state index is 12.6. The van der Waals surface area contributed by atoms with Crippen LogP contribution < -0.4 is 10.6 Å². The number of nitrogens with zero attached hydrogens (tertiary/aromatic N) is 1.